The van der Waals surface area contributed by atoms with Crippen LogP contribution in [-0.2, 0) is 13.1 Å². The van der Waals surface area contributed by atoms with E-state index in [9.17, 15) is 0 Å². The molecule has 2 aromatic carbocycles. The molecule has 0 aliphatic carbocycles. The maximum absolute atomic E-state index is 5.95. The number of aromatic nitrogens is 12. The molecule has 12 nitrogen and oxygen atoms in total. The van der Waals surface area contributed by atoms with Crippen LogP contribution in [0.25, 0.3) is 35.7 Å². The normalized spacial score (nSPS) is 16.0. The Kier molecular flexibility index (Phi) is 11.8. The number of halogens is 2. The smallest absolute Gasteiger partial charge is 0.174 e. The molecule has 0 saturated carbocycles. The summed E-state index contributed by atoms with van der Waals surface area (Å²) >= 11 is 11.9. The number of hydrogen-bond donors (Lipinski definition) is 0. The first-order valence-electron chi connectivity index (χ1n) is 20.9. The molecular weight excluding hydrogens is 816 g/mol. The average Bonchev–Trinajstić information content (AvgIpc) is 4.10. The maximum Gasteiger partial charge on any atom is 0.174 e. The Morgan fingerprint density at radius 3 is 1.37 bits per heavy atom. The van der Waals surface area contributed by atoms with E-state index in [2.05, 4.69) is 91.5 Å². The van der Waals surface area contributed by atoms with Crippen molar-refractivity contribution in [1.29, 1.82) is 0 Å². The molecule has 312 valence electrons. The molecule has 2 aliphatic rings. The highest BCUT2D eigenvalue weighted by molar-refractivity contribution is 6.29. The van der Waals surface area contributed by atoms with Gasteiger partial charge in [-0.05, 0) is 135 Å². The zero-order valence-electron chi connectivity index (χ0n) is 35.1. The molecule has 8 heterocycles. The molecule has 0 N–H and O–H groups in total. The van der Waals surface area contributed by atoms with Gasteiger partial charge in [0.2, 0.25) is 0 Å². The van der Waals surface area contributed by atoms with Crippen LogP contribution in [0.2, 0.25) is 10.3 Å². The molecule has 8 aromatic rings. The van der Waals surface area contributed by atoms with E-state index in [1.165, 1.54) is 11.1 Å². The monoisotopic (exact) mass is 860 g/mol. The minimum absolute atomic E-state index is 0.202. The Bertz CT molecular complexity index is 2700. The Morgan fingerprint density at radius 1 is 0.548 bits per heavy atom. The van der Waals surface area contributed by atoms with Gasteiger partial charge in [0.05, 0.1) is 24.0 Å². The van der Waals surface area contributed by atoms with Crippen molar-refractivity contribution in [2.75, 3.05) is 0 Å². The van der Waals surface area contributed by atoms with Crippen LogP contribution in [0, 0.1) is 27.7 Å². The highest BCUT2D eigenvalue weighted by Gasteiger charge is 2.27. The zero-order valence-corrected chi connectivity index (χ0v) is 36.6. The van der Waals surface area contributed by atoms with Gasteiger partial charge < -0.3 is 9.13 Å². The molecule has 0 bridgehead atoms. The third kappa shape index (κ3) is 9.07. The predicted octanol–water partition coefficient (Wildman–Crippen LogP) is 10.5. The van der Waals surface area contributed by atoms with Crippen molar-refractivity contribution < 1.29 is 0 Å². The first-order valence-corrected chi connectivity index (χ1v) is 21.6. The van der Waals surface area contributed by atoms with Crippen LogP contribution in [0.4, 0.5) is 0 Å². The summed E-state index contributed by atoms with van der Waals surface area (Å²) in [6.07, 6.45) is 23.8. The van der Waals surface area contributed by atoms with Crippen LogP contribution in [-0.4, -0.2) is 58.6 Å². The molecule has 0 fully saturated rings. The van der Waals surface area contributed by atoms with Crippen molar-refractivity contribution in [3.05, 3.63) is 176 Å². The molecule has 14 heteroatoms. The summed E-state index contributed by atoms with van der Waals surface area (Å²) in [4.78, 5) is 26.8. The minimum atomic E-state index is 0.202. The van der Waals surface area contributed by atoms with Gasteiger partial charge in [0.15, 0.2) is 11.6 Å². The van der Waals surface area contributed by atoms with Crippen molar-refractivity contribution in [3.8, 4) is 11.4 Å². The molecule has 62 heavy (non-hydrogen) atoms. The van der Waals surface area contributed by atoms with E-state index in [0.717, 1.165) is 107 Å². The molecular formula is C48H46Cl2N12. The van der Waals surface area contributed by atoms with Crippen LogP contribution >= 0.6 is 23.2 Å². The summed E-state index contributed by atoms with van der Waals surface area (Å²) in [6.45, 7) is 10.0. The zero-order chi connectivity index (χ0) is 42.7. The number of fused-ring (bicyclic) bond motifs is 2. The van der Waals surface area contributed by atoms with E-state index < -0.39 is 0 Å². The number of benzene rings is 2. The Morgan fingerprint density at radius 2 is 1.00 bits per heavy atom. The number of rotatable bonds is 8. The topological polar surface area (TPSA) is 123 Å². The maximum atomic E-state index is 5.95. The lowest BCUT2D eigenvalue weighted by Crippen LogP contribution is -2.18. The fourth-order valence-corrected chi connectivity index (χ4v) is 8.51. The SMILES string of the molecule is Cc1cn(-c2ccc(/C=C/c3nc4n(n3)CCC[C@@H]4c3ccc(Cl)nc3)cc2C)cn1.Cc1cn(-c2ccc(/C=C/c3nc4n(n3)CCC[C@H]4c3ccc(Cl)nc3)cc2C)cn1. The fourth-order valence-electron chi connectivity index (χ4n) is 8.29. The molecule has 10 rings (SSSR count). The lowest BCUT2D eigenvalue weighted by molar-refractivity contribution is 0.445. The van der Waals surface area contributed by atoms with Crippen molar-refractivity contribution in [3.63, 3.8) is 0 Å². The second-order valence-corrected chi connectivity index (χ2v) is 16.7. The Hall–Kier alpha value is -6.50. The number of hydrogen-bond acceptors (Lipinski definition) is 8. The molecule has 0 amide bonds. The van der Waals surface area contributed by atoms with Crippen molar-refractivity contribution in [2.45, 2.75) is 78.3 Å². The molecule has 6 aromatic heterocycles. The second kappa shape index (κ2) is 17.8. The fraction of sp³-hybridized carbons (Fsp3) is 0.250. The molecule has 2 aliphatic heterocycles. The van der Waals surface area contributed by atoms with Crippen LogP contribution in [0.3, 0.4) is 0 Å². The van der Waals surface area contributed by atoms with Gasteiger partial charge in [-0.25, -0.2) is 39.3 Å². The van der Waals surface area contributed by atoms with Crippen molar-refractivity contribution >= 4 is 47.5 Å². The van der Waals surface area contributed by atoms with Gasteiger partial charge in [-0.15, -0.1) is 0 Å². The first-order chi connectivity index (χ1) is 30.1. The number of aryl methyl sites for hydroxylation is 6. The second-order valence-electron chi connectivity index (χ2n) is 15.9. The number of imidazole rings is 2. The third-order valence-electron chi connectivity index (χ3n) is 11.4. The summed E-state index contributed by atoms with van der Waals surface area (Å²) in [7, 11) is 0. The lowest BCUT2D eigenvalue weighted by Gasteiger charge is -2.22. The van der Waals surface area contributed by atoms with Gasteiger partial charge >= 0.3 is 0 Å². The van der Waals surface area contributed by atoms with E-state index in [1.807, 2.05) is 97.1 Å². The Labute approximate surface area is 370 Å². The van der Waals surface area contributed by atoms with E-state index in [-0.39, 0.29) is 11.8 Å². The highest BCUT2D eigenvalue weighted by Crippen LogP contribution is 2.34. The number of nitrogens with zero attached hydrogens (tertiary/aromatic N) is 12. The summed E-state index contributed by atoms with van der Waals surface area (Å²) < 4.78 is 8.15. The van der Waals surface area contributed by atoms with Gasteiger partial charge in [-0.2, -0.15) is 10.2 Å². The summed E-state index contributed by atoms with van der Waals surface area (Å²) in [5, 5.41) is 10.4. The lowest BCUT2D eigenvalue weighted by atomic mass is 9.92. The van der Waals surface area contributed by atoms with Gasteiger partial charge in [-0.1, -0.05) is 59.6 Å². The number of pyridine rings is 2. The van der Waals surface area contributed by atoms with Crippen LogP contribution < -0.4 is 0 Å². The highest BCUT2D eigenvalue weighted by atomic mass is 35.5. The predicted molar refractivity (Wildman–Crippen MR) is 245 cm³/mol. The standard InChI is InChI=1S/2C24H23ClN6/c2*1-16-12-18(5-8-21(16)30-14-17(2)27-15-30)6-10-23-28-24-20(4-3-11-31(24)29-23)19-7-9-22(25)26-13-19/h2*5-10,12-15,20H,3-4,11H2,1-2H3/b2*10-6+/t2*20-/m10/s1. The van der Waals surface area contributed by atoms with Crippen molar-refractivity contribution in [2.24, 2.45) is 0 Å². The Balaban J connectivity index is 0.000000158. The van der Waals surface area contributed by atoms with E-state index >= 15 is 0 Å². The summed E-state index contributed by atoms with van der Waals surface area (Å²) in [5.41, 5.74) is 11.1. The molecule has 0 spiro atoms. The quantitative estimate of drug-likeness (QED) is 0.138. The minimum Gasteiger partial charge on any atom is -0.306 e. The first kappa shape index (κ1) is 40.9. The van der Waals surface area contributed by atoms with E-state index in [0.29, 0.717) is 10.3 Å². The largest absolute Gasteiger partial charge is 0.306 e. The van der Waals surface area contributed by atoms with Gasteiger partial charge in [0.1, 0.15) is 22.0 Å². The molecule has 0 radical (unpaired) electrons. The van der Waals surface area contributed by atoms with Crippen LogP contribution in [0.5, 0.6) is 0 Å². The summed E-state index contributed by atoms with van der Waals surface area (Å²) in [5.74, 6) is 3.86. The van der Waals surface area contributed by atoms with Gasteiger partial charge in [0, 0.05) is 61.1 Å². The van der Waals surface area contributed by atoms with Crippen LogP contribution in [0.15, 0.2) is 98.1 Å². The van der Waals surface area contributed by atoms with Crippen molar-refractivity contribution in [1.82, 2.24) is 58.6 Å². The van der Waals surface area contributed by atoms with E-state index in [1.54, 1.807) is 0 Å². The average molecular weight is 862 g/mol. The van der Waals surface area contributed by atoms with Gasteiger partial charge in [0.25, 0.3) is 0 Å². The molecule has 0 unspecified atom stereocenters. The molecule has 0 saturated heterocycles. The summed E-state index contributed by atoms with van der Waals surface area (Å²) in [6, 6.07) is 20.5. The third-order valence-corrected chi connectivity index (χ3v) is 11.8. The molecule has 2 atom stereocenters. The van der Waals surface area contributed by atoms with E-state index in [4.69, 9.17) is 43.4 Å². The van der Waals surface area contributed by atoms with Crippen LogP contribution in [0.1, 0.15) is 106 Å². The van der Waals surface area contributed by atoms with Gasteiger partial charge in [-0.3, -0.25) is 0 Å².